The van der Waals surface area contributed by atoms with E-state index in [1.54, 1.807) is 48.5 Å². The molecule has 0 aliphatic carbocycles. The molecule has 39 heavy (non-hydrogen) atoms. The molecule has 3 aromatic carbocycles. The van der Waals surface area contributed by atoms with Gasteiger partial charge in [-0.1, -0.05) is 42.5 Å². The van der Waals surface area contributed by atoms with E-state index in [-0.39, 0.29) is 25.7 Å². The average molecular weight is 531 g/mol. The molecule has 0 aliphatic rings. The summed E-state index contributed by atoms with van der Waals surface area (Å²) in [6.07, 6.45) is 0. The van der Waals surface area contributed by atoms with Crippen molar-refractivity contribution in [1.82, 2.24) is 15.7 Å². The summed E-state index contributed by atoms with van der Waals surface area (Å²) in [6, 6.07) is 20.6. The maximum Gasteiger partial charge on any atom is 0.488 e. The van der Waals surface area contributed by atoms with Gasteiger partial charge in [0.25, 0.3) is 11.8 Å². The summed E-state index contributed by atoms with van der Waals surface area (Å²) in [5.74, 6) is 0.115. The van der Waals surface area contributed by atoms with Gasteiger partial charge in [0.1, 0.15) is 17.9 Å². The second-order valence-electron chi connectivity index (χ2n) is 9.11. The first-order valence-corrected chi connectivity index (χ1v) is 12.3. The Morgan fingerprint density at radius 3 is 2.36 bits per heavy atom. The van der Waals surface area contributed by atoms with Crippen molar-refractivity contribution in [2.45, 2.75) is 13.2 Å². The highest BCUT2D eigenvalue weighted by atomic mass is 16.6. The SMILES string of the molecule is CN(C)Cc1c(C(=O)NCCOc2ccc(C(=O)NOCc3ccc(B(O)O)cc3)cc2)oc2ccccc12. The Hall–Kier alpha value is -4.16. The third-order valence-electron chi connectivity index (χ3n) is 5.83. The average Bonchev–Trinajstić information content (AvgIpc) is 3.29. The minimum absolute atomic E-state index is 0.116. The van der Waals surface area contributed by atoms with Crippen molar-refractivity contribution in [2.24, 2.45) is 0 Å². The monoisotopic (exact) mass is 531 g/mol. The van der Waals surface area contributed by atoms with E-state index >= 15 is 0 Å². The molecule has 0 unspecified atom stereocenters. The fourth-order valence-electron chi connectivity index (χ4n) is 3.90. The van der Waals surface area contributed by atoms with Crippen molar-refractivity contribution >= 4 is 35.4 Å². The molecule has 1 aromatic heterocycles. The minimum atomic E-state index is -1.53. The number of benzene rings is 3. The van der Waals surface area contributed by atoms with Crippen molar-refractivity contribution in [3.63, 3.8) is 0 Å². The predicted octanol–water partition coefficient (Wildman–Crippen LogP) is 1.84. The number of fused-ring (bicyclic) bond motifs is 1. The summed E-state index contributed by atoms with van der Waals surface area (Å²) >= 11 is 0. The van der Waals surface area contributed by atoms with Gasteiger partial charge in [0.2, 0.25) is 0 Å². The zero-order valence-corrected chi connectivity index (χ0v) is 21.7. The molecule has 0 saturated carbocycles. The molecule has 0 spiro atoms. The van der Waals surface area contributed by atoms with Crippen LogP contribution in [0.4, 0.5) is 0 Å². The molecular weight excluding hydrogens is 501 g/mol. The molecule has 0 bridgehead atoms. The smallest absolute Gasteiger partial charge is 0.488 e. The molecule has 10 nitrogen and oxygen atoms in total. The Bertz CT molecular complexity index is 1400. The first-order chi connectivity index (χ1) is 18.8. The van der Waals surface area contributed by atoms with Crippen LogP contribution in [-0.4, -0.2) is 61.1 Å². The molecule has 0 aliphatic heterocycles. The van der Waals surface area contributed by atoms with Gasteiger partial charge in [-0.3, -0.25) is 14.4 Å². The molecule has 4 rings (SSSR count). The topological polar surface area (TPSA) is 134 Å². The zero-order chi connectivity index (χ0) is 27.8. The van der Waals surface area contributed by atoms with Crippen molar-refractivity contribution in [1.29, 1.82) is 0 Å². The number of hydrogen-bond donors (Lipinski definition) is 4. The lowest BCUT2D eigenvalue weighted by Crippen LogP contribution is -2.29. The molecule has 0 radical (unpaired) electrons. The van der Waals surface area contributed by atoms with Gasteiger partial charge >= 0.3 is 7.12 Å². The third kappa shape index (κ3) is 7.46. The minimum Gasteiger partial charge on any atom is -0.492 e. The number of rotatable bonds is 12. The van der Waals surface area contributed by atoms with E-state index in [9.17, 15) is 9.59 Å². The second-order valence-corrected chi connectivity index (χ2v) is 9.11. The van der Waals surface area contributed by atoms with E-state index < -0.39 is 13.0 Å². The van der Waals surface area contributed by atoms with Crippen molar-refractivity contribution in [3.05, 3.63) is 95.2 Å². The van der Waals surface area contributed by atoms with Crippen LogP contribution in [0.1, 0.15) is 32.0 Å². The van der Waals surface area contributed by atoms with E-state index in [1.165, 1.54) is 0 Å². The van der Waals surface area contributed by atoms with Crippen LogP contribution in [0.25, 0.3) is 11.0 Å². The lowest BCUT2D eigenvalue weighted by molar-refractivity contribution is 0.0233. The Morgan fingerprint density at radius 2 is 1.67 bits per heavy atom. The number of furan rings is 1. The Kier molecular flexibility index (Phi) is 9.34. The second kappa shape index (κ2) is 13.1. The van der Waals surface area contributed by atoms with Gasteiger partial charge in [-0.2, -0.15) is 0 Å². The summed E-state index contributed by atoms with van der Waals surface area (Å²) in [4.78, 5) is 32.4. The van der Waals surface area contributed by atoms with Gasteiger partial charge in [0.05, 0.1) is 13.2 Å². The summed E-state index contributed by atoms with van der Waals surface area (Å²) in [5.41, 5.74) is 5.39. The van der Waals surface area contributed by atoms with Crippen LogP contribution >= 0.6 is 0 Å². The van der Waals surface area contributed by atoms with Gasteiger partial charge in [0, 0.05) is 23.1 Å². The summed E-state index contributed by atoms with van der Waals surface area (Å²) in [5, 5.41) is 22.0. The van der Waals surface area contributed by atoms with Crippen LogP contribution in [-0.2, 0) is 18.0 Å². The maximum atomic E-state index is 12.8. The Labute approximate surface area is 226 Å². The quantitative estimate of drug-likeness (QED) is 0.124. The molecular formula is C28H30BN3O7. The van der Waals surface area contributed by atoms with Crippen LogP contribution < -0.4 is 21.0 Å². The zero-order valence-electron chi connectivity index (χ0n) is 21.7. The Morgan fingerprint density at radius 1 is 0.949 bits per heavy atom. The molecule has 2 amide bonds. The van der Waals surface area contributed by atoms with E-state index in [4.69, 9.17) is 24.0 Å². The lowest BCUT2D eigenvalue weighted by atomic mass is 9.80. The summed E-state index contributed by atoms with van der Waals surface area (Å²) in [6.45, 7) is 1.19. The first kappa shape index (κ1) is 27.9. The van der Waals surface area contributed by atoms with Crippen molar-refractivity contribution in [2.75, 3.05) is 27.2 Å². The van der Waals surface area contributed by atoms with E-state index in [1.807, 2.05) is 43.3 Å². The molecule has 0 saturated heterocycles. The highest BCUT2D eigenvalue weighted by molar-refractivity contribution is 6.58. The molecule has 11 heteroatoms. The molecule has 1 heterocycles. The predicted molar refractivity (Wildman–Crippen MR) is 146 cm³/mol. The molecule has 202 valence electrons. The summed E-state index contributed by atoms with van der Waals surface area (Å²) in [7, 11) is 2.34. The highest BCUT2D eigenvalue weighted by Crippen LogP contribution is 2.26. The number of hydrogen-bond acceptors (Lipinski definition) is 8. The van der Waals surface area contributed by atoms with Gasteiger partial charge < -0.3 is 29.4 Å². The van der Waals surface area contributed by atoms with Crippen LogP contribution in [0.2, 0.25) is 0 Å². The normalized spacial score (nSPS) is 11.0. The van der Waals surface area contributed by atoms with Gasteiger partial charge in [-0.15, -0.1) is 0 Å². The van der Waals surface area contributed by atoms with E-state index in [2.05, 4.69) is 10.8 Å². The number of carbonyl (C=O) groups excluding carboxylic acids is 2. The number of ether oxygens (including phenoxy) is 1. The van der Waals surface area contributed by atoms with Crippen LogP contribution in [0, 0.1) is 0 Å². The number of carbonyl (C=O) groups is 2. The lowest BCUT2D eigenvalue weighted by Gasteiger charge is -2.11. The van der Waals surface area contributed by atoms with Gasteiger partial charge in [-0.05, 0) is 55.5 Å². The Balaban J connectivity index is 1.22. The largest absolute Gasteiger partial charge is 0.492 e. The molecule has 0 fully saturated rings. The molecule has 0 atom stereocenters. The number of nitrogens with one attached hydrogen (secondary N) is 2. The highest BCUT2D eigenvalue weighted by Gasteiger charge is 2.20. The number of amides is 2. The van der Waals surface area contributed by atoms with Gasteiger partial charge in [-0.25, -0.2) is 5.48 Å². The van der Waals surface area contributed by atoms with Crippen molar-refractivity contribution < 1.29 is 33.6 Å². The van der Waals surface area contributed by atoms with E-state index in [0.717, 1.165) is 16.5 Å². The van der Waals surface area contributed by atoms with Gasteiger partial charge in [0.15, 0.2) is 5.76 Å². The van der Waals surface area contributed by atoms with Crippen molar-refractivity contribution in [3.8, 4) is 5.75 Å². The standard InChI is InChI=1S/C28H30BN3O7/c1-32(2)17-24-23-5-3-4-6-25(23)39-26(24)28(34)30-15-16-37-22-13-9-20(10-14-22)27(33)31-38-18-19-7-11-21(12-8-19)29(35)36/h3-14,35-36H,15-18H2,1-2H3,(H,30,34)(H,31,33). The van der Waals surface area contributed by atoms with Crippen LogP contribution in [0.15, 0.2) is 77.2 Å². The fraction of sp³-hybridized carbons (Fsp3) is 0.214. The first-order valence-electron chi connectivity index (χ1n) is 12.3. The molecule has 4 aromatic rings. The number of para-hydroxylation sites is 1. The summed E-state index contributed by atoms with van der Waals surface area (Å²) < 4.78 is 11.5. The van der Waals surface area contributed by atoms with Crippen LogP contribution in [0.5, 0.6) is 5.75 Å². The number of hydroxylamine groups is 1. The fourth-order valence-corrected chi connectivity index (χ4v) is 3.90. The molecule has 4 N–H and O–H groups in total. The van der Waals surface area contributed by atoms with E-state index in [0.29, 0.717) is 34.7 Å². The van der Waals surface area contributed by atoms with Crippen LogP contribution in [0.3, 0.4) is 0 Å². The number of nitrogens with zero attached hydrogens (tertiary/aromatic N) is 1. The maximum absolute atomic E-state index is 12.8. The third-order valence-corrected chi connectivity index (χ3v) is 5.83.